The van der Waals surface area contributed by atoms with Gasteiger partial charge in [0, 0.05) is 5.56 Å². The molecule has 0 fully saturated rings. The SMILES string of the molecule is NC(N)=NN=Cc1c(Cl)cc(-c2ccccc2)cc1Cl. The number of nitrogens with two attached hydrogens (primary N) is 2. The molecule has 0 saturated heterocycles. The van der Waals surface area contributed by atoms with Crippen molar-refractivity contribution in [3.8, 4) is 11.1 Å². The molecule has 6 heteroatoms. The van der Waals surface area contributed by atoms with Gasteiger partial charge in [-0.3, -0.25) is 0 Å². The molecule has 0 heterocycles. The quantitative estimate of drug-likeness (QED) is 0.518. The van der Waals surface area contributed by atoms with Gasteiger partial charge in [-0.2, -0.15) is 5.10 Å². The maximum absolute atomic E-state index is 6.21. The molecule has 20 heavy (non-hydrogen) atoms. The molecule has 2 aromatic carbocycles. The summed E-state index contributed by atoms with van der Waals surface area (Å²) in [6.45, 7) is 0. The van der Waals surface area contributed by atoms with Gasteiger partial charge < -0.3 is 11.5 Å². The predicted octanol–water partition coefficient (Wildman–Crippen LogP) is 3.27. The van der Waals surface area contributed by atoms with E-state index in [0.717, 1.165) is 11.1 Å². The third-order valence-corrected chi connectivity index (χ3v) is 3.17. The molecule has 4 N–H and O–H groups in total. The first-order valence-corrected chi connectivity index (χ1v) is 6.50. The highest BCUT2D eigenvalue weighted by Gasteiger charge is 2.07. The van der Waals surface area contributed by atoms with E-state index in [-0.39, 0.29) is 5.96 Å². The Morgan fingerprint density at radius 3 is 2.10 bits per heavy atom. The van der Waals surface area contributed by atoms with E-state index in [0.29, 0.717) is 15.6 Å². The van der Waals surface area contributed by atoms with Gasteiger partial charge in [0.15, 0.2) is 0 Å². The maximum Gasteiger partial charge on any atom is 0.211 e. The van der Waals surface area contributed by atoms with Crippen molar-refractivity contribution in [1.29, 1.82) is 0 Å². The lowest BCUT2D eigenvalue weighted by Crippen LogP contribution is -2.21. The van der Waals surface area contributed by atoms with E-state index in [2.05, 4.69) is 10.2 Å². The summed E-state index contributed by atoms with van der Waals surface area (Å²) in [5, 5.41) is 8.17. The highest BCUT2D eigenvalue weighted by molar-refractivity contribution is 6.39. The van der Waals surface area contributed by atoms with Crippen LogP contribution < -0.4 is 11.5 Å². The van der Waals surface area contributed by atoms with Crippen molar-refractivity contribution < 1.29 is 0 Å². The van der Waals surface area contributed by atoms with Gasteiger partial charge in [0.2, 0.25) is 5.96 Å². The molecule has 0 bridgehead atoms. The molecule has 0 amide bonds. The zero-order valence-corrected chi connectivity index (χ0v) is 11.9. The minimum Gasteiger partial charge on any atom is -0.369 e. The molecule has 0 aromatic heterocycles. The van der Waals surface area contributed by atoms with Crippen LogP contribution in [0.1, 0.15) is 5.56 Å². The Morgan fingerprint density at radius 1 is 0.950 bits per heavy atom. The lowest BCUT2D eigenvalue weighted by molar-refractivity contribution is 1.21. The molecule has 2 rings (SSSR count). The van der Waals surface area contributed by atoms with Crippen LogP contribution in [-0.4, -0.2) is 12.2 Å². The van der Waals surface area contributed by atoms with Crippen molar-refractivity contribution in [3.63, 3.8) is 0 Å². The first-order valence-electron chi connectivity index (χ1n) is 5.74. The van der Waals surface area contributed by atoms with Crippen LogP contribution in [0.5, 0.6) is 0 Å². The van der Waals surface area contributed by atoms with E-state index >= 15 is 0 Å². The Morgan fingerprint density at radius 2 is 1.55 bits per heavy atom. The Balaban J connectivity index is 2.39. The average Bonchev–Trinajstić information content (AvgIpc) is 2.42. The molecule has 4 nitrogen and oxygen atoms in total. The van der Waals surface area contributed by atoms with E-state index in [9.17, 15) is 0 Å². The number of hydrogen-bond acceptors (Lipinski definition) is 2. The smallest absolute Gasteiger partial charge is 0.211 e. The van der Waals surface area contributed by atoms with Crippen molar-refractivity contribution in [3.05, 3.63) is 58.1 Å². The molecule has 0 radical (unpaired) electrons. The van der Waals surface area contributed by atoms with E-state index in [1.54, 1.807) is 0 Å². The minimum absolute atomic E-state index is 0.130. The van der Waals surface area contributed by atoms with Crippen LogP contribution >= 0.6 is 23.2 Å². The number of guanidine groups is 1. The van der Waals surface area contributed by atoms with Crippen LogP contribution in [0.2, 0.25) is 10.0 Å². The average molecular weight is 307 g/mol. The number of nitrogens with zero attached hydrogens (tertiary/aromatic N) is 2. The zero-order valence-electron chi connectivity index (χ0n) is 10.4. The molecule has 0 aliphatic rings. The molecule has 0 aliphatic carbocycles. The first kappa shape index (κ1) is 14.4. The van der Waals surface area contributed by atoms with E-state index in [1.165, 1.54) is 6.21 Å². The summed E-state index contributed by atoms with van der Waals surface area (Å²) in [6.07, 6.45) is 1.42. The molecular formula is C14H12Cl2N4. The van der Waals surface area contributed by atoms with E-state index in [1.807, 2.05) is 42.5 Å². The fourth-order valence-corrected chi connectivity index (χ4v) is 2.24. The lowest BCUT2D eigenvalue weighted by atomic mass is 10.0. The van der Waals surface area contributed by atoms with Crippen molar-refractivity contribution in [2.45, 2.75) is 0 Å². The molecule has 102 valence electrons. The zero-order chi connectivity index (χ0) is 14.5. The van der Waals surface area contributed by atoms with Crippen LogP contribution in [0.25, 0.3) is 11.1 Å². The fourth-order valence-electron chi connectivity index (χ4n) is 1.66. The van der Waals surface area contributed by atoms with Gasteiger partial charge in [-0.15, -0.1) is 5.10 Å². The Bertz CT molecular complexity index is 639. The molecular weight excluding hydrogens is 295 g/mol. The molecule has 0 aliphatic heterocycles. The minimum atomic E-state index is -0.130. The van der Waals surface area contributed by atoms with Crippen molar-refractivity contribution in [2.24, 2.45) is 21.7 Å². The number of rotatable bonds is 3. The Hall–Kier alpha value is -2.04. The highest BCUT2D eigenvalue weighted by Crippen LogP contribution is 2.30. The Kier molecular flexibility index (Phi) is 4.61. The van der Waals surface area contributed by atoms with Gasteiger partial charge in [0.1, 0.15) is 0 Å². The van der Waals surface area contributed by atoms with Gasteiger partial charge in [-0.1, -0.05) is 53.5 Å². The predicted molar refractivity (Wildman–Crippen MR) is 85.3 cm³/mol. The highest BCUT2D eigenvalue weighted by atomic mass is 35.5. The second-order valence-corrected chi connectivity index (χ2v) is 4.80. The first-order chi connectivity index (χ1) is 9.58. The standard InChI is InChI=1S/C14H12Cl2N4/c15-12-6-10(9-4-2-1-3-5-9)7-13(16)11(12)8-19-20-14(17)18/h1-8H,(H4,17,18,20). The topological polar surface area (TPSA) is 76.8 Å². The van der Waals surface area contributed by atoms with E-state index in [4.69, 9.17) is 34.7 Å². The van der Waals surface area contributed by atoms with Gasteiger partial charge >= 0.3 is 0 Å². The van der Waals surface area contributed by atoms with Crippen LogP contribution in [0.4, 0.5) is 0 Å². The molecule has 0 spiro atoms. The van der Waals surface area contributed by atoms with Gasteiger partial charge in [0.05, 0.1) is 16.3 Å². The summed E-state index contributed by atoms with van der Waals surface area (Å²) < 4.78 is 0. The monoisotopic (exact) mass is 306 g/mol. The summed E-state index contributed by atoms with van der Waals surface area (Å²) in [6, 6.07) is 13.4. The summed E-state index contributed by atoms with van der Waals surface area (Å²) in [5.41, 5.74) is 12.9. The van der Waals surface area contributed by atoms with Crippen LogP contribution in [-0.2, 0) is 0 Å². The maximum atomic E-state index is 6.21. The fraction of sp³-hybridized carbons (Fsp3) is 0. The Labute approximate surface area is 126 Å². The summed E-state index contributed by atoms with van der Waals surface area (Å²) >= 11 is 12.4. The van der Waals surface area contributed by atoms with Crippen LogP contribution in [0.3, 0.4) is 0 Å². The third kappa shape index (κ3) is 3.50. The van der Waals surface area contributed by atoms with Gasteiger partial charge in [-0.05, 0) is 23.3 Å². The van der Waals surface area contributed by atoms with Crippen LogP contribution in [0, 0.1) is 0 Å². The lowest BCUT2D eigenvalue weighted by Gasteiger charge is -2.06. The van der Waals surface area contributed by atoms with Gasteiger partial charge in [-0.25, -0.2) is 0 Å². The largest absolute Gasteiger partial charge is 0.369 e. The third-order valence-electron chi connectivity index (χ3n) is 2.55. The summed E-state index contributed by atoms with van der Waals surface area (Å²) in [4.78, 5) is 0. The van der Waals surface area contributed by atoms with Gasteiger partial charge in [0.25, 0.3) is 0 Å². The van der Waals surface area contributed by atoms with E-state index < -0.39 is 0 Å². The number of hydrogen-bond donors (Lipinski definition) is 2. The summed E-state index contributed by atoms with van der Waals surface area (Å²) in [5.74, 6) is -0.130. The molecule has 0 unspecified atom stereocenters. The number of benzene rings is 2. The van der Waals surface area contributed by atoms with Crippen molar-refractivity contribution in [1.82, 2.24) is 0 Å². The molecule has 2 aromatic rings. The second-order valence-electron chi connectivity index (χ2n) is 3.99. The number of halogens is 2. The molecule has 0 atom stereocenters. The van der Waals surface area contributed by atoms with Crippen molar-refractivity contribution >= 4 is 35.4 Å². The normalized spacial score (nSPS) is 10.7. The molecule has 0 saturated carbocycles. The van der Waals surface area contributed by atoms with Crippen LogP contribution in [0.15, 0.2) is 52.7 Å². The van der Waals surface area contributed by atoms with Crippen molar-refractivity contribution in [2.75, 3.05) is 0 Å². The summed E-state index contributed by atoms with van der Waals surface area (Å²) in [7, 11) is 0. The second kappa shape index (κ2) is 6.41.